The van der Waals surface area contributed by atoms with Crippen LogP contribution < -0.4 is 5.32 Å². The van der Waals surface area contributed by atoms with Gasteiger partial charge in [0.25, 0.3) is 5.91 Å². The molecule has 2 aromatic rings. The molecule has 0 aliphatic carbocycles. The number of hydrogen-bond donors (Lipinski definition) is 1. The first kappa shape index (κ1) is 20.4. The van der Waals surface area contributed by atoms with Crippen LogP contribution in [0.15, 0.2) is 36.4 Å². The lowest BCUT2D eigenvalue weighted by molar-refractivity contribution is -0.138. The summed E-state index contributed by atoms with van der Waals surface area (Å²) < 4.78 is 61.2. The molecule has 160 valence electrons. The number of amides is 2. The molecule has 1 aliphatic rings. The van der Waals surface area contributed by atoms with Crippen LogP contribution in [0.25, 0.3) is 0 Å². The molecule has 1 N–H and O–H groups in total. The summed E-state index contributed by atoms with van der Waals surface area (Å²) in [4.78, 5) is 26.9. The van der Waals surface area contributed by atoms with Gasteiger partial charge >= 0.3 is 6.18 Å². The predicted octanol–water partition coefficient (Wildman–Crippen LogP) is 4.95. The zero-order valence-corrected chi connectivity index (χ0v) is 16.6. The summed E-state index contributed by atoms with van der Waals surface area (Å²) in [6, 6.07) is 5.88. The lowest BCUT2D eigenvalue weighted by atomic mass is 9.95. The molecule has 2 amide bonds. The van der Waals surface area contributed by atoms with Crippen LogP contribution in [0.5, 0.6) is 0 Å². The maximum absolute atomic E-state index is 14.3. The monoisotopic (exact) mass is 423 g/mol. The Morgan fingerprint density at radius 2 is 1.90 bits per heavy atom. The van der Waals surface area contributed by atoms with E-state index in [4.69, 9.17) is 1.37 Å². The fourth-order valence-electron chi connectivity index (χ4n) is 3.63. The molecule has 2 aromatic carbocycles. The largest absolute Gasteiger partial charge is 0.416 e. The van der Waals surface area contributed by atoms with Crippen LogP contribution in [0, 0.1) is 25.6 Å². The summed E-state index contributed by atoms with van der Waals surface area (Å²) in [7, 11) is 0. The Morgan fingerprint density at radius 3 is 2.57 bits per heavy atom. The minimum Gasteiger partial charge on any atom is -0.338 e. The van der Waals surface area contributed by atoms with Gasteiger partial charge in [-0.05, 0) is 56.0 Å². The zero-order chi connectivity index (χ0) is 22.9. The van der Waals surface area contributed by atoms with Gasteiger partial charge in [-0.3, -0.25) is 9.59 Å². The molecular weight excluding hydrogens is 400 g/mol. The van der Waals surface area contributed by atoms with E-state index in [2.05, 4.69) is 5.32 Å². The number of alkyl halides is 3. The summed E-state index contributed by atoms with van der Waals surface area (Å²) >= 11 is 0. The van der Waals surface area contributed by atoms with Gasteiger partial charge < -0.3 is 10.2 Å². The number of hydrogen-bond acceptors (Lipinski definition) is 2. The standard InChI is InChI=1S/C22H22F4N2O2/c1-13-8-9-16(11-17(13)22(24,25)26)27-20(29)15-6-4-10-28(12-15)21(30)19-14(2)5-3-7-18(19)23/h3,5,7-9,11,15H,4,6,10,12H2,1-2H3,(H,27,29)/i3D. The van der Waals surface area contributed by atoms with Crippen molar-refractivity contribution in [3.63, 3.8) is 0 Å². The first-order chi connectivity index (χ1) is 14.5. The van der Waals surface area contributed by atoms with E-state index in [9.17, 15) is 27.2 Å². The third kappa shape index (κ3) is 4.63. The van der Waals surface area contributed by atoms with Crippen LogP contribution in [0.1, 0.15) is 41.3 Å². The van der Waals surface area contributed by atoms with E-state index in [0.29, 0.717) is 24.9 Å². The maximum atomic E-state index is 14.3. The fraction of sp³-hybridized carbons (Fsp3) is 0.364. The Kier molecular flexibility index (Phi) is 5.74. The highest BCUT2D eigenvalue weighted by atomic mass is 19.4. The minimum atomic E-state index is -4.53. The Hall–Kier alpha value is -2.90. The van der Waals surface area contributed by atoms with Crippen LogP contribution in [-0.2, 0) is 11.0 Å². The minimum absolute atomic E-state index is 0.0271. The smallest absolute Gasteiger partial charge is 0.338 e. The second-order valence-corrected chi connectivity index (χ2v) is 7.47. The van der Waals surface area contributed by atoms with Gasteiger partial charge in [0.05, 0.1) is 18.4 Å². The number of nitrogens with zero attached hydrogens (tertiary/aromatic N) is 1. The predicted molar refractivity (Wildman–Crippen MR) is 105 cm³/mol. The van der Waals surface area contributed by atoms with Crippen molar-refractivity contribution < 1.29 is 28.5 Å². The molecule has 0 aromatic heterocycles. The number of carbonyl (C=O) groups is 2. The topological polar surface area (TPSA) is 49.4 Å². The first-order valence-electron chi connectivity index (χ1n) is 10.0. The molecule has 8 heteroatoms. The van der Waals surface area contributed by atoms with Gasteiger partial charge in [-0.1, -0.05) is 18.2 Å². The van der Waals surface area contributed by atoms with Crippen molar-refractivity contribution in [1.29, 1.82) is 0 Å². The van der Waals surface area contributed by atoms with Crippen molar-refractivity contribution in [2.24, 2.45) is 5.92 Å². The third-order valence-corrected chi connectivity index (χ3v) is 5.25. The van der Waals surface area contributed by atoms with Crippen molar-refractivity contribution in [2.75, 3.05) is 18.4 Å². The van der Waals surface area contributed by atoms with E-state index in [1.54, 1.807) is 0 Å². The van der Waals surface area contributed by atoms with Crippen LogP contribution in [0.4, 0.5) is 23.2 Å². The molecule has 1 aliphatic heterocycles. The van der Waals surface area contributed by atoms with Crippen molar-refractivity contribution in [1.82, 2.24) is 4.90 Å². The number of carbonyl (C=O) groups excluding carboxylic acids is 2. The average molecular weight is 423 g/mol. The summed E-state index contributed by atoms with van der Waals surface area (Å²) in [6.07, 6.45) is -3.57. The van der Waals surface area contributed by atoms with Crippen LogP contribution in [0.3, 0.4) is 0 Å². The highest BCUT2D eigenvalue weighted by Gasteiger charge is 2.34. The number of anilines is 1. The zero-order valence-electron chi connectivity index (χ0n) is 17.6. The molecule has 30 heavy (non-hydrogen) atoms. The van der Waals surface area contributed by atoms with Gasteiger partial charge in [0, 0.05) is 18.8 Å². The number of halogens is 4. The van der Waals surface area contributed by atoms with Gasteiger partial charge in [-0.15, -0.1) is 0 Å². The number of nitrogens with one attached hydrogen (secondary N) is 1. The average Bonchev–Trinajstić information content (AvgIpc) is 2.67. The number of piperidine rings is 1. The van der Waals surface area contributed by atoms with E-state index in [1.807, 2.05) is 0 Å². The summed E-state index contributed by atoms with van der Waals surface area (Å²) in [6.45, 7) is 3.25. The quantitative estimate of drug-likeness (QED) is 0.710. The van der Waals surface area contributed by atoms with E-state index in [0.717, 1.165) is 12.1 Å². The van der Waals surface area contributed by atoms with Crippen LogP contribution in [-0.4, -0.2) is 29.8 Å². The van der Waals surface area contributed by atoms with E-state index in [-0.39, 0.29) is 29.4 Å². The second-order valence-electron chi connectivity index (χ2n) is 7.47. The molecule has 3 rings (SSSR count). The second kappa shape index (κ2) is 8.45. The number of rotatable bonds is 3. The molecule has 1 fully saturated rings. The molecule has 1 unspecified atom stereocenters. The third-order valence-electron chi connectivity index (χ3n) is 5.25. The Balaban J connectivity index is 1.74. The summed E-state index contributed by atoms with van der Waals surface area (Å²) in [5.74, 6) is -2.48. The SMILES string of the molecule is [2H]c1cc(C)c(C(=O)N2CCCC(C(=O)Nc3ccc(C)c(C(F)(F)F)c3)C2)c(F)c1. The summed E-state index contributed by atoms with van der Waals surface area (Å²) in [5.41, 5.74) is -0.545. The van der Waals surface area contributed by atoms with Gasteiger partial charge in [-0.2, -0.15) is 13.2 Å². The first-order valence-corrected chi connectivity index (χ1v) is 9.52. The molecule has 1 atom stereocenters. The highest BCUT2D eigenvalue weighted by molar-refractivity contribution is 5.97. The molecule has 4 nitrogen and oxygen atoms in total. The maximum Gasteiger partial charge on any atom is 0.416 e. The van der Waals surface area contributed by atoms with Gasteiger partial charge in [-0.25, -0.2) is 4.39 Å². The number of likely N-dealkylation sites (tertiary alicyclic amines) is 1. The van der Waals surface area contributed by atoms with Gasteiger partial charge in [0.15, 0.2) is 0 Å². The van der Waals surface area contributed by atoms with Crippen molar-refractivity contribution >= 4 is 17.5 Å². The van der Waals surface area contributed by atoms with Gasteiger partial charge in [0.2, 0.25) is 5.91 Å². The molecule has 0 bridgehead atoms. The van der Waals surface area contributed by atoms with E-state index < -0.39 is 35.3 Å². The summed E-state index contributed by atoms with van der Waals surface area (Å²) in [5, 5.41) is 2.51. The van der Waals surface area contributed by atoms with Crippen molar-refractivity contribution in [3.05, 3.63) is 64.4 Å². The fourth-order valence-corrected chi connectivity index (χ4v) is 3.63. The van der Waals surface area contributed by atoms with E-state index in [1.165, 1.54) is 36.9 Å². The molecule has 0 spiro atoms. The number of aryl methyl sites for hydroxylation is 2. The van der Waals surface area contributed by atoms with Crippen LogP contribution >= 0.6 is 0 Å². The molecule has 0 saturated carbocycles. The lowest BCUT2D eigenvalue weighted by Gasteiger charge is -2.32. The molecule has 1 saturated heterocycles. The molecular formula is C22H22F4N2O2. The molecule has 1 heterocycles. The Morgan fingerprint density at radius 1 is 1.17 bits per heavy atom. The van der Waals surface area contributed by atoms with Crippen molar-refractivity contribution in [2.45, 2.75) is 32.9 Å². The molecule has 0 radical (unpaired) electrons. The number of benzene rings is 2. The highest BCUT2D eigenvalue weighted by Crippen LogP contribution is 2.33. The normalized spacial score (nSPS) is 17.5. The Labute approximate surface area is 173 Å². The van der Waals surface area contributed by atoms with Crippen molar-refractivity contribution in [3.8, 4) is 0 Å². The van der Waals surface area contributed by atoms with Crippen LogP contribution in [0.2, 0.25) is 0 Å². The lowest BCUT2D eigenvalue weighted by Crippen LogP contribution is -2.44. The Bertz CT molecular complexity index is 1000. The van der Waals surface area contributed by atoms with E-state index >= 15 is 0 Å². The van der Waals surface area contributed by atoms with Gasteiger partial charge in [0.1, 0.15) is 5.82 Å².